The molecule has 216 valence electrons. The third-order valence-electron chi connectivity index (χ3n) is 6.82. The van der Waals surface area contributed by atoms with Crippen LogP contribution in [0.15, 0.2) is 18.2 Å². The third kappa shape index (κ3) is 7.68. The number of nitrogen functional groups attached to an aromatic ring is 2. The Labute approximate surface area is 236 Å². The number of benzene rings is 2. The Balaban J connectivity index is 2.54. The van der Waals surface area contributed by atoms with E-state index in [2.05, 4.69) is 48.1 Å². The molecule has 39 heavy (non-hydrogen) atoms. The molecule has 0 saturated carbocycles. The Morgan fingerprint density at radius 1 is 0.795 bits per heavy atom. The highest BCUT2D eigenvalue weighted by molar-refractivity contribution is 6.34. The molecule has 0 unspecified atom stereocenters. The van der Waals surface area contributed by atoms with Gasteiger partial charge in [0.05, 0.1) is 47.2 Å². The van der Waals surface area contributed by atoms with Crippen molar-refractivity contribution in [1.29, 1.82) is 0 Å². The molecule has 11 heteroatoms. The van der Waals surface area contributed by atoms with Gasteiger partial charge in [0, 0.05) is 31.9 Å². The molecule has 0 atom stereocenters. The van der Waals surface area contributed by atoms with Gasteiger partial charge in [-0.15, -0.1) is 0 Å². The maximum atomic E-state index is 13.2. The molecule has 0 aliphatic heterocycles. The summed E-state index contributed by atoms with van der Waals surface area (Å²) in [6, 6.07) is 4.66. The number of anilines is 2. The van der Waals surface area contributed by atoms with Gasteiger partial charge >= 0.3 is 0 Å². The minimum absolute atomic E-state index is 0.148. The van der Waals surface area contributed by atoms with E-state index in [9.17, 15) is 9.59 Å². The topological polar surface area (TPSA) is 135 Å². The highest BCUT2D eigenvalue weighted by Gasteiger charge is 2.28. The quantitative estimate of drug-likeness (QED) is 0.243. The molecule has 2 aromatic carbocycles. The van der Waals surface area contributed by atoms with Crippen LogP contribution in [-0.4, -0.2) is 88.2 Å². The summed E-state index contributed by atoms with van der Waals surface area (Å²) in [5, 5.41) is 6.01. The molecule has 2 rings (SSSR count). The lowest BCUT2D eigenvalue weighted by molar-refractivity contribution is 0.0937. The zero-order chi connectivity index (χ0) is 29.1. The number of hydrogen-bond acceptors (Lipinski definition) is 8. The summed E-state index contributed by atoms with van der Waals surface area (Å²) in [6.07, 6.45) is 0. The standard InChI is InChI=1S/C28H43ClN6O4/c1-7-34(8-2)15-13-32-27(36)18-11-12-21(30)22(25(18)38-5)23-24(31)20(29)17-19(26(23)39-6)28(37)33-14-16-35(9-3)10-4/h11-12,17H,7-10,13-16,30-31H2,1-6H3,(H,32,36)(H,33,37). The Morgan fingerprint density at radius 3 is 1.72 bits per heavy atom. The van der Waals surface area contributed by atoms with Crippen molar-refractivity contribution >= 4 is 34.8 Å². The van der Waals surface area contributed by atoms with E-state index in [0.717, 1.165) is 26.2 Å². The molecule has 0 saturated heterocycles. The number of nitrogens with zero attached hydrogens (tertiary/aromatic N) is 2. The maximum absolute atomic E-state index is 13.2. The fourth-order valence-corrected chi connectivity index (χ4v) is 4.65. The van der Waals surface area contributed by atoms with E-state index in [1.807, 2.05) is 0 Å². The number of nitrogens with one attached hydrogen (secondary N) is 2. The largest absolute Gasteiger partial charge is 0.495 e. The van der Waals surface area contributed by atoms with Crippen molar-refractivity contribution in [3.8, 4) is 22.6 Å². The average Bonchev–Trinajstić information content (AvgIpc) is 2.94. The van der Waals surface area contributed by atoms with Crippen LogP contribution in [0.5, 0.6) is 11.5 Å². The van der Waals surface area contributed by atoms with E-state index in [-0.39, 0.29) is 56.4 Å². The van der Waals surface area contributed by atoms with Gasteiger partial charge < -0.3 is 41.4 Å². The minimum Gasteiger partial charge on any atom is -0.495 e. The van der Waals surface area contributed by atoms with E-state index in [1.54, 1.807) is 12.1 Å². The van der Waals surface area contributed by atoms with Gasteiger partial charge in [0.1, 0.15) is 11.5 Å². The summed E-state index contributed by atoms with van der Waals surface area (Å²) in [7, 11) is 2.88. The predicted molar refractivity (Wildman–Crippen MR) is 159 cm³/mol. The van der Waals surface area contributed by atoms with Gasteiger partial charge in [-0.25, -0.2) is 0 Å². The fraction of sp³-hybridized carbons (Fsp3) is 0.500. The predicted octanol–water partition coefficient (Wildman–Crippen LogP) is 3.33. The SMILES string of the molecule is CCN(CC)CCNC(=O)c1ccc(N)c(-c2c(N)c(Cl)cc(C(=O)NCCN(CC)CC)c2OC)c1OC. The maximum Gasteiger partial charge on any atom is 0.255 e. The van der Waals surface area contributed by atoms with Crippen LogP contribution in [0.1, 0.15) is 48.4 Å². The van der Waals surface area contributed by atoms with Gasteiger partial charge in [-0.1, -0.05) is 39.3 Å². The highest BCUT2D eigenvalue weighted by Crippen LogP contribution is 2.49. The molecule has 6 N–H and O–H groups in total. The van der Waals surface area contributed by atoms with Crippen molar-refractivity contribution in [3.05, 3.63) is 34.3 Å². The van der Waals surface area contributed by atoms with Crippen molar-refractivity contribution in [2.75, 3.05) is 78.0 Å². The molecule has 0 aliphatic carbocycles. The molecule has 2 aromatic rings. The number of carbonyl (C=O) groups excluding carboxylic acids is 2. The van der Waals surface area contributed by atoms with Gasteiger partial charge in [0.15, 0.2) is 0 Å². The van der Waals surface area contributed by atoms with Crippen LogP contribution >= 0.6 is 11.6 Å². The molecule has 2 amide bonds. The number of methoxy groups -OCH3 is 2. The summed E-state index contributed by atoms with van der Waals surface area (Å²) >= 11 is 6.51. The lowest BCUT2D eigenvalue weighted by Crippen LogP contribution is -2.35. The van der Waals surface area contributed by atoms with Gasteiger partial charge in [0.25, 0.3) is 11.8 Å². The molecular formula is C28H43ClN6O4. The Morgan fingerprint density at radius 2 is 1.26 bits per heavy atom. The first kappa shape index (κ1) is 32.0. The lowest BCUT2D eigenvalue weighted by atomic mass is 9.94. The second-order valence-corrected chi connectivity index (χ2v) is 9.31. The number of amides is 2. The molecule has 0 spiro atoms. The molecule has 10 nitrogen and oxygen atoms in total. The number of hydrogen-bond donors (Lipinski definition) is 4. The van der Waals surface area contributed by atoms with E-state index in [0.29, 0.717) is 31.7 Å². The van der Waals surface area contributed by atoms with Gasteiger partial charge in [-0.2, -0.15) is 0 Å². The van der Waals surface area contributed by atoms with Gasteiger partial charge in [0.2, 0.25) is 0 Å². The Kier molecular flexibility index (Phi) is 12.6. The van der Waals surface area contributed by atoms with Crippen LogP contribution in [0.25, 0.3) is 11.1 Å². The number of likely N-dealkylation sites (N-methyl/N-ethyl adjacent to an activating group) is 2. The number of carbonyl (C=O) groups is 2. The normalized spacial score (nSPS) is 11.1. The van der Waals surface area contributed by atoms with Crippen LogP contribution < -0.4 is 31.6 Å². The molecular weight excluding hydrogens is 520 g/mol. The van der Waals surface area contributed by atoms with Crippen LogP contribution in [0.3, 0.4) is 0 Å². The Hall–Kier alpha value is -3.21. The number of ether oxygens (including phenoxy) is 2. The van der Waals surface area contributed by atoms with Crippen LogP contribution in [0.2, 0.25) is 5.02 Å². The van der Waals surface area contributed by atoms with E-state index < -0.39 is 0 Å². The van der Waals surface area contributed by atoms with Crippen LogP contribution in [-0.2, 0) is 0 Å². The minimum atomic E-state index is -0.370. The van der Waals surface area contributed by atoms with Crippen LogP contribution in [0, 0.1) is 0 Å². The zero-order valence-electron chi connectivity index (χ0n) is 23.9. The second-order valence-electron chi connectivity index (χ2n) is 8.90. The lowest BCUT2D eigenvalue weighted by Gasteiger charge is -2.22. The first-order chi connectivity index (χ1) is 18.7. The van der Waals surface area contributed by atoms with Crippen molar-refractivity contribution < 1.29 is 19.1 Å². The summed E-state index contributed by atoms with van der Waals surface area (Å²) < 4.78 is 11.4. The first-order valence-corrected chi connectivity index (χ1v) is 13.7. The van der Waals surface area contributed by atoms with Crippen molar-refractivity contribution in [2.45, 2.75) is 27.7 Å². The number of nitrogens with two attached hydrogens (primary N) is 2. The molecule has 0 aliphatic rings. The summed E-state index contributed by atoms with van der Waals surface area (Å²) in [5.41, 5.74) is 14.3. The molecule has 0 fully saturated rings. The monoisotopic (exact) mass is 562 g/mol. The highest BCUT2D eigenvalue weighted by atomic mass is 35.5. The third-order valence-corrected chi connectivity index (χ3v) is 7.14. The Bertz CT molecular complexity index is 1140. The van der Waals surface area contributed by atoms with Gasteiger partial charge in [-0.05, 0) is 44.4 Å². The summed E-state index contributed by atoms with van der Waals surface area (Å²) in [5.74, 6) is -0.309. The zero-order valence-corrected chi connectivity index (χ0v) is 24.7. The average molecular weight is 563 g/mol. The smallest absolute Gasteiger partial charge is 0.255 e. The second kappa shape index (κ2) is 15.4. The summed E-state index contributed by atoms with van der Waals surface area (Å²) in [4.78, 5) is 30.8. The molecule has 0 heterocycles. The van der Waals surface area contributed by atoms with E-state index >= 15 is 0 Å². The summed E-state index contributed by atoms with van der Waals surface area (Å²) in [6.45, 7) is 14.1. The van der Waals surface area contributed by atoms with Crippen molar-refractivity contribution in [3.63, 3.8) is 0 Å². The first-order valence-electron chi connectivity index (χ1n) is 13.3. The number of rotatable bonds is 15. The molecule has 0 radical (unpaired) electrons. The molecule has 0 aromatic heterocycles. The van der Waals surface area contributed by atoms with Crippen molar-refractivity contribution in [2.24, 2.45) is 0 Å². The van der Waals surface area contributed by atoms with Crippen molar-refractivity contribution in [1.82, 2.24) is 20.4 Å². The van der Waals surface area contributed by atoms with Crippen LogP contribution in [0.4, 0.5) is 11.4 Å². The molecule has 0 bridgehead atoms. The van der Waals surface area contributed by atoms with E-state index in [1.165, 1.54) is 20.3 Å². The van der Waals surface area contributed by atoms with E-state index in [4.69, 9.17) is 32.5 Å². The van der Waals surface area contributed by atoms with Gasteiger partial charge in [-0.3, -0.25) is 9.59 Å². The fourth-order valence-electron chi connectivity index (χ4n) is 4.45. The number of halogens is 1.